The van der Waals surface area contributed by atoms with Gasteiger partial charge in [-0.15, -0.1) is 12.4 Å². The minimum Gasteiger partial charge on any atom is -0.356 e. The Morgan fingerprint density at radius 1 is 0.950 bits per heavy atom. The Morgan fingerprint density at radius 3 is 2.00 bits per heavy atom. The number of hydrogen-bond donors (Lipinski definition) is 3. The number of carbonyl (C=O) groups is 2. The van der Waals surface area contributed by atoms with Gasteiger partial charge in [0.15, 0.2) is 0 Å². The number of nitrogens with two attached hydrogens (primary N) is 1. The molecular formula is C14H26ClN3O2. The molecule has 20 heavy (non-hydrogen) atoms. The first-order valence-electron chi connectivity index (χ1n) is 7.48. The van der Waals surface area contributed by atoms with Crippen molar-refractivity contribution in [1.82, 2.24) is 10.6 Å². The third kappa shape index (κ3) is 4.94. The van der Waals surface area contributed by atoms with Gasteiger partial charge in [0, 0.05) is 31.0 Å². The quantitative estimate of drug-likeness (QED) is 0.639. The molecule has 6 heteroatoms. The molecule has 2 rings (SSSR count). The van der Waals surface area contributed by atoms with Crippen LogP contribution in [0.4, 0.5) is 0 Å². The fourth-order valence-corrected chi connectivity index (χ4v) is 2.73. The van der Waals surface area contributed by atoms with E-state index in [2.05, 4.69) is 10.6 Å². The molecule has 2 saturated carbocycles. The molecule has 2 amide bonds. The first-order valence-corrected chi connectivity index (χ1v) is 7.48. The summed E-state index contributed by atoms with van der Waals surface area (Å²) in [5.41, 5.74) is 5.79. The van der Waals surface area contributed by atoms with Crippen molar-refractivity contribution in [3.05, 3.63) is 0 Å². The predicted molar refractivity (Wildman–Crippen MR) is 80.5 cm³/mol. The average Bonchev–Trinajstić information content (AvgIpc) is 2.73. The van der Waals surface area contributed by atoms with Crippen molar-refractivity contribution in [1.29, 1.82) is 0 Å². The van der Waals surface area contributed by atoms with Gasteiger partial charge >= 0.3 is 0 Å². The predicted octanol–water partition coefficient (Wildman–Crippen LogP) is 0.958. The zero-order chi connectivity index (χ0) is 13.7. The van der Waals surface area contributed by atoms with Crippen LogP contribution < -0.4 is 16.4 Å². The maximum atomic E-state index is 11.8. The molecule has 4 N–H and O–H groups in total. The van der Waals surface area contributed by atoms with Crippen molar-refractivity contribution in [3.8, 4) is 0 Å². The summed E-state index contributed by atoms with van der Waals surface area (Å²) >= 11 is 0. The van der Waals surface area contributed by atoms with Gasteiger partial charge in [-0.1, -0.05) is 6.42 Å². The van der Waals surface area contributed by atoms with Crippen molar-refractivity contribution in [3.63, 3.8) is 0 Å². The van der Waals surface area contributed by atoms with E-state index < -0.39 is 0 Å². The molecule has 2 fully saturated rings. The Bertz CT molecular complexity index is 334. The van der Waals surface area contributed by atoms with E-state index in [1.807, 2.05) is 0 Å². The molecule has 2 aliphatic carbocycles. The van der Waals surface area contributed by atoms with Crippen LogP contribution in [0.25, 0.3) is 0 Å². The van der Waals surface area contributed by atoms with Crippen LogP contribution in [0.15, 0.2) is 0 Å². The smallest absolute Gasteiger partial charge is 0.223 e. The Hall–Kier alpha value is -0.810. The van der Waals surface area contributed by atoms with E-state index in [-0.39, 0.29) is 42.1 Å². The summed E-state index contributed by atoms with van der Waals surface area (Å²) in [6.07, 6.45) is 6.71. The van der Waals surface area contributed by atoms with Crippen LogP contribution in [0.5, 0.6) is 0 Å². The van der Waals surface area contributed by atoms with Crippen LogP contribution in [0.3, 0.4) is 0 Å². The van der Waals surface area contributed by atoms with Gasteiger partial charge < -0.3 is 16.4 Å². The van der Waals surface area contributed by atoms with Gasteiger partial charge in [-0.3, -0.25) is 9.59 Å². The summed E-state index contributed by atoms with van der Waals surface area (Å²) in [5, 5.41) is 5.85. The first-order chi connectivity index (χ1) is 9.16. The molecular weight excluding hydrogens is 278 g/mol. The van der Waals surface area contributed by atoms with Gasteiger partial charge in [0.1, 0.15) is 0 Å². The molecule has 0 radical (unpaired) electrons. The molecule has 0 aliphatic heterocycles. The highest BCUT2D eigenvalue weighted by atomic mass is 35.5. The number of carbonyl (C=O) groups excluding carboxylic acids is 2. The zero-order valence-corrected chi connectivity index (χ0v) is 12.7. The van der Waals surface area contributed by atoms with E-state index in [1.54, 1.807) is 0 Å². The fraction of sp³-hybridized carbons (Fsp3) is 0.857. The van der Waals surface area contributed by atoms with Crippen molar-refractivity contribution in [2.75, 3.05) is 13.1 Å². The lowest BCUT2D eigenvalue weighted by Gasteiger charge is -2.24. The highest BCUT2D eigenvalue weighted by molar-refractivity contribution is 5.85. The molecule has 2 unspecified atom stereocenters. The third-order valence-electron chi connectivity index (χ3n) is 4.27. The summed E-state index contributed by atoms with van der Waals surface area (Å²) in [4.78, 5) is 23.4. The average molecular weight is 304 g/mol. The number of nitrogens with one attached hydrogen (secondary N) is 2. The van der Waals surface area contributed by atoms with Gasteiger partial charge in [-0.25, -0.2) is 0 Å². The summed E-state index contributed by atoms with van der Waals surface area (Å²) in [7, 11) is 0. The Labute approximate surface area is 126 Å². The number of rotatable bonds is 6. The summed E-state index contributed by atoms with van der Waals surface area (Å²) < 4.78 is 0. The van der Waals surface area contributed by atoms with E-state index in [9.17, 15) is 9.59 Å². The number of hydrogen-bond acceptors (Lipinski definition) is 3. The Balaban J connectivity index is 0.00000200. The SMILES string of the molecule is Cl.NC1CCC(C(=O)NCCCNC(=O)C2CCC2)C1. The molecule has 0 bridgehead atoms. The van der Waals surface area contributed by atoms with Gasteiger partial charge in [0.25, 0.3) is 0 Å². The molecule has 0 heterocycles. The van der Waals surface area contributed by atoms with Crippen LogP contribution in [-0.4, -0.2) is 30.9 Å². The molecule has 2 atom stereocenters. The van der Waals surface area contributed by atoms with Crippen LogP contribution in [0, 0.1) is 11.8 Å². The summed E-state index contributed by atoms with van der Waals surface area (Å²) in [6, 6.07) is 0.192. The Morgan fingerprint density at radius 2 is 1.55 bits per heavy atom. The molecule has 5 nitrogen and oxygen atoms in total. The van der Waals surface area contributed by atoms with Crippen molar-refractivity contribution in [2.24, 2.45) is 17.6 Å². The van der Waals surface area contributed by atoms with Crippen molar-refractivity contribution < 1.29 is 9.59 Å². The standard InChI is InChI=1S/C14H25N3O2.ClH/c15-12-6-5-11(9-12)14(19)17-8-2-7-16-13(18)10-3-1-4-10;/h10-12H,1-9,15H2,(H,16,18)(H,17,19);1H. The zero-order valence-electron chi connectivity index (χ0n) is 11.9. The van der Waals surface area contributed by atoms with Crippen LogP contribution >= 0.6 is 12.4 Å². The lowest BCUT2D eigenvalue weighted by atomic mass is 9.85. The third-order valence-corrected chi connectivity index (χ3v) is 4.27. The monoisotopic (exact) mass is 303 g/mol. The fourth-order valence-electron chi connectivity index (χ4n) is 2.73. The summed E-state index contributed by atoms with van der Waals surface area (Å²) in [5.74, 6) is 0.645. The highest BCUT2D eigenvalue weighted by Crippen LogP contribution is 2.26. The second-order valence-electron chi connectivity index (χ2n) is 5.83. The molecule has 0 saturated heterocycles. The number of halogens is 1. The lowest BCUT2D eigenvalue weighted by molar-refractivity contribution is -0.127. The second-order valence-corrected chi connectivity index (χ2v) is 5.83. The van der Waals surface area contributed by atoms with Gasteiger partial charge in [0.05, 0.1) is 0 Å². The summed E-state index contributed by atoms with van der Waals surface area (Å²) in [6.45, 7) is 1.29. The van der Waals surface area contributed by atoms with E-state index in [0.717, 1.165) is 38.5 Å². The Kier molecular flexibility index (Phi) is 7.30. The molecule has 0 aromatic heterocycles. The van der Waals surface area contributed by atoms with Gasteiger partial charge in [0.2, 0.25) is 11.8 Å². The maximum Gasteiger partial charge on any atom is 0.223 e. The molecule has 2 aliphatic rings. The highest BCUT2D eigenvalue weighted by Gasteiger charge is 2.27. The van der Waals surface area contributed by atoms with E-state index in [0.29, 0.717) is 13.1 Å². The normalized spacial score (nSPS) is 25.4. The van der Waals surface area contributed by atoms with Crippen LogP contribution in [0.2, 0.25) is 0 Å². The molecule has 0 aromatic rings. The van der Waals surface area contributed by atoms with Crippen molar-refractivity contribution >= 4 is 24.2 Å². The largest absolute Gasteiger partial charge is 0.356 e. The lowest BCUT2D eigenvalue weighted by Crippen LogP contribution is -2.37. The van der Waals surface area contributed by atoms with E-state index in [1.165, 1.54) is 6.42 Å². The topological polar surface area (TPSA) is 84.2 Å². The molecule has 0 aromatic carbocycles. The molecule has 0 spiro atoms. The first kappa shape index (κ1) is 17.2. The molecule has 116 valence electrons. The van der Waals surface area contributed by atoms with Gasteiger partial charge in [-0.05, 0) is 38.5 Å². The van der Waals surface area contributed by atoms with E-state index in [4.69, 9.17) is 5.73 Å². The minimum absolute atomic E-state index is 0. The van der Waals surface area contributed by atoms with Crippen LogP contribution in [0.1, 0.15) is 44.9 Å². The second kappa shape index (κ2) is 8.47. The number of amides is 2. The maximum absolute atomic E-state index is 11.8. The van der Waals surface area contributed by atoms with Crippen LogP contribution in [-0.2, 0) is 9.59 Å². The van der Waals surface area contributed by atoms with Gasteiger partial charge in [-0.2, -0.15) is 0 Å². The van der Waals surface area contributed by atoms with Crippen molar-refractivity contribution in [2.45, 2.75) is 51.0 Å². The van der Waals surface area contributed by atoms with E-state index >= 15 is 0 Å². The minimum atomic E-state index is 0.